The molecule has 174 valence electrons. The summed E-state index contributed by atoms with van der Waals surface area (Å²) in [4.78, 5) is 26.1. The second kappa shape index (κ2) is 9.08. The van der Waals surface area contributed by atoms with E-state index in [2.05, 4.69) is 20.5 Å². The number of nitrogens with zero attached hydrogens (tertiary/aromatic N) is 5. The van der Waals surface area contributed by atoms with Crippen molar-refractivity contribution in [1.82, 2.24) is 15.2 Å². The molecule has 1 atom stereocenters. The van der Waals surface area contributed by atoms with Gasteiger partial charge in [0.25, 0.3) is 11.4 Å². The van der Waals surface area contributed by atoms with Gasteiger partial charge in [-0.25, -0.2) is 4.98 Å². The van der Waals surface area contributed by atoms with E-state index in [0.717, 1.165) is 10.2 Å². The fourth-order valence-electron chi connectivity index (χ4n) is 3.42. The molecule has 0 amide bonds. The molecule has 2 heterocycles. The second-order valence-corrected chi connectivity index (χ2v) is 8.72. The number of halogens is 1. The first-order chi connectivity index (χ1) is 16.9. The first-order valence-electron chi connectivity index (χ1n) is 10.0. The van der Waals surface area contributed by atoms with E-state index >= 15 is 0 Å². The summed E-state index contributed by atoms with van der Waals surface area (Å²) in [5.74, 6) is 0.124. The number of non-ortho nitro benzene ring substituents is 1. The Labute approximate surface area is 205 Å². The molecule has 0 fully saturated rings. The van der Waals surface area contributed by atoms with Gasteiger partial charge in [0, 0.05) is 23.8 Å². The van der Waals surface area contributed by atoms with Gasteiger partial charge in [-0.3, -0.25) is 20.2 Å². The molecule has 0 aliphatic heterocycles. The highest BCUT2D eigenvalue weighted by atomic mass is 35.5. The van der Waals surface area contributed by atoms with Crippen LogP contribution in [0.5, 0.6) is 0 Å². The normalized spacial score (nSPS) is 11.9. The molecule has 0 saturated carbocycles. The Hall–Kier alpha value is -4.42. The fourth-order valence-corrected chi connectivity index (χ4v) is 4.50. The number of nitro groups is 2. The van der Waals surface area contributed by atoms with Crippen LogP contribution in [0.15, 0.2) is 71.1 Å². The van der Waals surface area contributed by atoms with Gasteiger partial charge in [0.05, 0.1) is 20.1 Å². The molecule has 1 unspecified atom stereocenters. The molecule has 0 aliphatic carbocycles. The van der Waals surface area contributed by atoms with Gasteiger partial charge in [0.15, 0.2) is 5.13 Å². The lowest BCUT2D eigenvalue weighted by molar-refractivity contribution is -0.385. The van der Waals surface area contributed by atoms with E-state index in [4.69, 9.17) is 16.0 Å². The zero-order valence-electron chi connectivity index (χ0n) is 17.5. The second-order valence-electron chi connectivity index (χ2n) is 7.28. The predicted molar refractivity (Wildman–Crippen MR) is 130 cm³/mol. The number of thiazole rings is 1. The maximum Gasteiger partial charge on any atom is 0.288 e. The summed E-state index contributed by atoms with van der Waals surface area (Å²) in [6.45, 7) is 0. The van der Waals surface area contributed by atoms with Gasteiger partial charge in [-0.1, -0.05) is 47.2 Å². The molecule has 2 aromatic heterocycles. The lowest BCUT2D eigenvalue weighted by atomic mass is 10.1. The topological polar surface area (TPSA) is 150 Å². The number of hydrogen-bond acceptors (Lipinski definition) is 10. The molecule has 5 aromatic rings. The Morgan fingerprint density at radius 3 is 2.57 bits per heavy atom. The van der Waals surface area contributed by atoms with Gasteiger partial charge in [-0.05, 0) is 29.8 Å². The zero-order chi connectivity index (χ0) is 24.5. The van der Waals surface area contributed by atoms with Crippen molar-refractivity contribution in [2.75, 3.05) is 5.32 Å². The molecule has 0 bridgehead atoms. The zero-order valence-corrected chi connectivity index (χ0v) is 19.1. The monoisotopic (exact) mass is 508 g/mol. The molecule has 11 nitrogen and oxygen atoms in total. The number of aromatic nitrogens is 3. The maximum atomic E-state index is 11.3. The summed E-state index contributed by atoms with van der Waals surface area (Å²) >= 11 is 7.30. The average molecular weight is 509 g/mol. The molecular formula is C22H13ClN6O5S. The summed E-state index contributed by atoms with van der Waals surface area (Å²) in [6, 6.07) is 17.0. The van der Waals surface area contributed by atoms with Crippen LogP contribution in [0.4, 0.5) is 16.5 Å². The van der Waals surface area contributed by atoms with E-state index in [1.54, 1.807) is 12.1 Å². The standard InChI is InChI=1S/C22H13ClN6O5S/c23-15-9-8-13(11-17(15)29(32)33)20-26-27-21(34-20)19(12-4-3-5-14(10-12)28(30)31)25-22-24-16-6-1-2-7-18(16)35-22/h1-11,19H,(H,24,25). The van der Waals surface area contributed by atoms with Gasteiger partial charge in [0.2, 0.25) is 11.8 Å². The van der Waals surface area contributed by atoms with Crippen LogP contribution >= 0.6 is 22.9 Å². The van der Waals surface area contributed by atoms with Crippen molar-refractivity contribution < 1.29 is 14.3 Å². The highest BCUT2D eigenvalue weighted by molar-refractivity contribution is 7.22. The van der Waals surface area contributed by atoms with Crippen molar-refractivity contribution in [3.8, 4) is 11.5 Å². The molecule has 3 aromatic carbocycles. The van der Waals surface area contributed by atoms with Crippen molar-refractivity contribution in [2.45, 2.75) is 6.04 Å². The molecule has 0 spiro atoms. The Bertz CT molecular complexity index is 1550. The van der Waals surface area contributed by atoms with Crippen molar-refractivity contribution in [1.29, 1.82) is 0 Å². The third-order valence-corrected chi connectivity index (χ3v) is 6.34. The summed E-state index contributed by atoms with van der Waals surface area (Å²) < 4.78 is 6.82. The number of rotatable bonds is 7. The third-order valence-electron chi connectivity index (χ3n) is 5.05. The number of anilines is 1. The van der Waals surface area contributed by atoms with Crippen molar-refractivity contribution in [2.24, 2.45) is 0 Å². The first kappa shape index (κ1) is 22.4. The van der Waals surface area contributed by atoms with E-state index in [1.807, 2.05) is 24.3 Å². The van der Waals surface area contributed by atoms with Crippen LogP contribution in [0.3, 0.4) is 0 Å². The first-order valence-corrected chi connectivity index (χ1v) is 11.2. The molecular weight excluding hydrogens is 496 g/mol. The van der Waals surface area contributed by atoms with Crippen molar-refractivity contribution >= 4 is 49.7 Å². The molecule has 0 saturated heterocycles. The van der Waals surface area contributed by atoms with E-state index in [-0.39, 0.29) is 28.2 Å². The smallest absolute Gasteiger partial charge is 0.288 e. The Balaban J connectivity index is 1.56. The van der Waals surface area contributed by atoms with Crippen LogP contribution in [0, 0.1) is 20.2 Å². The highest BCUT2D eigenvalue weighted by Gasteiger charge is 2.25. The predicted octanol–water partition coefficient (Wildman–Crippen LogP) is 6.02. The number of benzene rings is 3. The molecule has 0 aliphatic rings. The molecule has 35 heavy (non-hydrogen) atoms. The quantitative estimate of drug-likeness (QED) is 0.205. The van der Waals surface area contributed by atoms with Crippen LogP contribution in [0.25, 0.3) is 21.7 Å². The number of nitro benzene ring substituents is 2. The minimum absolute atomic E-state index is 0.0227. The largest absolute Gasteiger partial charge is 0.418 e. The summed E-state index contributed by atoms with van der Waals surface area (Å²) in [7, 11) is 0. The lowest BCUT2D eigenvalue weighted by Crippen LogP contribution is -2.13. The number of para-hydroxylation sites is 1. The minimum atomic E-state index is -0.779. The van der Waals surface area contributed by atoms with Gasteiger partial charge in [-0.15, -0.1) is 10.2 Å². The van der Waals surface area contributed by atoms with E-state index in [9.17, 15) is 20.2 Å². The lowest BCUT2D eigenvalue weighted by Gasteiger charge is -2.14. The van der Waals surface area contributed by atoms with Crippen LogP contribution in [0.1, 0.15) is 17.5 Å². The number of nitrogens with one attached hydrogen (secondary N) is 1. The molecule has 5 rings (SSSR count). The van der Waals surface area contributed by atoms with Crippen molar-refractivity contribution in [3.05, 3.63) is 103 Å². The van der Waals surface area contributed by atoms with Crippen LogP contribution in [-0.4, -0.2) is 25.0 Å². The number of hydrogen-bond donors (Lipinski definition) is 1. The Morgan fingerprint density at radius 1 is 0.971 bits per heavy atom. The summed E-state index contributed by atoms with van der Waals surface area (Å²) in [5.41, 5.74) is 1.18. The van der Waals surface area contributed by atoms with Crippen LogP contribution in [0.2, 0.25) is 5.02 Å². The van der Waals surface area contributed by atoms with Crippen LogP contribution < -0.4 is 5.32 Å². The van der Waals surface area contributed by atoms with Gasteiger partial charge in [0.1, 0.15) is 11.1 Å². The fraction of sp³-hybridized carbons (Fsp3) is 0.0455. The molecule has 13 heteroatoms. The number of fused-ring (bicyclic) bond motifs is 1. The van der Waals surface area contributed by atoms with E-state index in [1.165, 1.54) is 41.7 Å². The van der Waals surface area contributed by atoms with Gasteiger partial charge in [-0.2, -0.15) is 0 Å². The van der Waals surface area contributed by atoms with Crippen molar-refractivity contribution in [3.63, 3.8) is 0 Å². The summed E-state index contributed by atoms with van der Waals surface area (Å²) in [6.07, 6.45) is 0. The maximum absolute atomic E-state index is 11.3. The molecule has 0 radical (unpaired) electrons. The van der Waals surface area contributed by atoms with E-state index in [0.29, 0.717) is 16.3 Å². The Kier molecular flexibility index (Phi) is 5.81. The van der Waals surface area contributed by atoms with Crippen LogP contribution in [-0.2, 0) is 0 Å². The van der Waals surface area contributed by atoms with Gasteiger partial charge < -0.3 is 9.73 Å². The average Bonchev–Trinajstić information content (AvgIpc) is 3.50. The SMILES string of the molecule is O=[N+]([O-])c1cccc(C(Nc2nc3ccccc3s2)c2nnc(-c3ccc(Cl)c([N+](=O)[O-])c3)o2)c1. The minimum Gasteiger partial charge on any atom is -0.418 e. The van der Waals surface area contributed by atoms with E-state index < -0.39 is 15.9 Å². The highest BCUT2D eigenvalue weighted by Crippen LogP contribution is 2.35. The molecule has 1 N–H and O–H groups in total. The third kappa shape index (κ3) is 4.52. The van der Waals surface area contributed by atoms with Gasteiger partial charge >= 0.3 is 0 Å². The summed E-state index contributed by atoms with van der Waals surface area (Å²) in [5, 5.41) is 34.5. The Morgan fingerprint density at radius 2 is 1.80 bits per heavy atom.